The van der Waals surface area contributed by atoms with E-state index < -0.39 is 12.1 Å². The maximum atomic E-state index is 12.7. The Bertz CT molecular complexity index is 975. The number of carbonyl (C=O) groups excluding carboxylic acids is 2. The third kappa shape index (κ3) is 3.58. The van der Waals surface area contributed by atoms with Gasteiger partial charge in [-0.15, -0.1) is 0 Å². The van der Waals surface area contributed by atoms with E-state index in [1.165, 1.54) is 0 Å². The summed E-state index contributed by atoms with van der Waals surface area (Å²) in [5.41, 5.74) is 2.48. The molecule has 144 valence electrons. The maximum absolute atomic E-state index is 12.7. The van der Waals surface area contributed by atoms with Gasteiger partial charge in [0.05, 0.1) is 5.56 Å². The van der Waals surface area contributed by atoms with Gasteiger partial charge in [-0.05, 0) is 25.1 Å². The van der Waals surface area contributed by atoms with Crippen LogP contribution in [0.25, 0.3) is 10.9 Å². The normalized spacial score (nSPS) is 15.5. The van der Waals surface area contributed by atoms with E-state index in [1.807, 2.05) is 42.5 Å². The fourth-order valence-electron chi connectivity index (χ4n) is 3.60. The van der Waals surface area contributed by atoms with E-state index in [-0.39, 0.29) is 5.91 Å². The first kappa shape index (κ1) is 18.1. The summed E-state index contributed by atoms with van der Waals surface area (Å²) in [6.45, 7) is 4.39. The second-order valence-corrected chi connectivity index (χ2v) is 6.94. The number of aromatic amines is 1. The van der Waals surface area contributed by atoms with Crippen LogP contribution in [0, 0.1) is 0 Å². The molecule has 0 bridgehead atoms. The number of benzene rings is 2. The van der Waals surface area contributed by atoms with E-state index in [0.717, 1.165) is 29.7 Å². The molecule has 28 heavy (non-hydrogen) atoms. The fourth-order valence-corrected chi connectivity index (χ4v) is 3.60. The summed E-state index contributed by atoms with van der Waals surface area (Å²) >= 11 is 0. The van der Waals surface area contributed by atoms with Crippen LogP contribution in [-0.2, 0) is 9.53 Å². The molecule has 1 aromatic heterocycles. The second kappa shape index (κ2) is 7.76. The SMILES string of the molecule is C[C@@H](OC(=O)c1c[nH]c2ccccc12)C(=O)N1CCN(c2ccccc2)CC1. The quantitative estimate of drug-likeness (QED) is 0.710. The molecule has 1 amide bonds. The smallest absolute Gasteiger partial charge is 0.341 e. The maximum Gasteiger partial charge on any atom is 0.341 e. The molecule has 2 heterocycles. The van der Waals surface area contributed by atoms with Crippen LogP contribution in [-0.4, -0.2) is 54.0 Å². The first-order valence-corrected chi connectivity index (χ1v) is 9.49. The van der Waals surface area contributed by atoms with E-state index in [1.54, 1.807) is 18.0 Å². The Hall–Kier alpha value is -3.28. The van der Waals surface area contributed by atoms with E-state index in [2.05, 4.69) is 22.0 Å². The Morgan fingerprint density at radius 3 is 2.39 bits per heavy atom. The molecule has 2 aromatic carbocycles. The predicted octanol–water partition coefficient (Wildman–Crippen LogP) is 3.06. The first-order chi connectivity index (χ1) is 13.6. The number of para-hydroxylation sites is 2. The molecule has 1 saturated heterocycles. The van der Waals surface area contributed by atoms with Crippen molar-refractivity contribution in [2.24, 2.45) is 0 Å². The largest absolute Gasteiger partial charge is 0.449 e. The Kier molecular flexibility index (Phi) is 5.02. The average molecular weight is 377 g/mol. The Morgan fingerprint density at radius 2 is 1.64 bits per heavy atom. The Labute approximate surface area is 163 Å². The van der Waals surface area contributed by atoms with Crippen LogP contribution >= 0.6 is 0 Å². The van der Waals surface area contributed by atoms with Crippen molar-refractivity contribution >= 4 is 28.5 Å². The van der Waals surface area contributed by atoms with E-state index in [9.17, 15) is 9.59 Å². The van der Waals surface area contributed by atoms with Gasteiger partial charge < -0.3 is 19.5 Å². The van der Waals surface area contributed by atoms with Gasteiger partial charge in [-0.25, -0.2) is 4.79 Å². The number of rotatable bonds is 4. The van der Waals surface area contributed by atoms with Crippen LogP contribution in [0.3, 0.4) is 0 Å². The van der Waals surface area contributed by atoms with Gasteiger partial charge in [0.15, 0.2) is 6.10 Å². The zero-order chi connectivity index (χ0) is 19.5. The van der Waals surface area contributed by atoms with Gasteiger partial charge in [0.1, 0.15) is 0 Å². The summed E-state index contributed by atoms with van der Waals surface area (Å²) in [5.74, 6) is -0.637. The molecule has 4 rings (SSSR count). The number of anilines is 1. The molecule has 0 unspecified atom stereocenters. The number of hydrogen-bond acceptors (Lipinski definition) is 4. The van der Waals surface area contributed by atoms with Crippen molar-refractivity contribution in [2.45, 2.75) is 13.0 Å². The standard InChI is InChI=1S/C22H23N3O3/c1-16(28-22(27)19-15-23-20-10-6-5-9-18(19)20)21(26)25-13-11-24(12-14-25)17-7-3-2-4-8-17/h2-10,15-16,23H,11-14H2,1H3/t16-/m1/s1. The Morgan fingerprint density at radius 1 is 0.964 bits per heavy atom. The van der Waals surface area contributed by atoms with Gasteiger partial charge in [-0.1, -0.05) is 36.4 Å². The Balaban J connectivity index is 1.35. The lowest BCUT2D eigenvalue weighted by Crippen LogP contribution is -2.51. The molecule has 3 aromatic rings. The van der Waals surface area contributed by atoms with Gasteiger partial charge in [0.25, 0.3) is 5.91 Å². The molecule has 1 N–H and O–H groups in total. The van der Waals surface area contributed by atoms with Crippen LogP contribution < -0.4 is 4.90 Å². The minimum atomic E-state index is -0.815. The number of aromatic nitrogens is 1. The minimum absolute atomic E-state index is 0.152. The van der Waals surface area contributed by atoms with Crippen molar-refractivity contribution in [1.29, 1.82) is 0 Å². The predicted molar refractivity (Wildman–Crippen MR) is 108 cm³/mol. The van der Waals surface area contributed by atoms with Crippen molar-refractivity contribution in [1.82, 2.24) is 9.88 Å². The van der Waals surface area contributed by atoms with Crippen LogP contribution in [0.1, 0.15) is 17.3 Å². The topological polar surface area (TPSA) is 65.6 Å². The lowest BCUT2D eigenvalue weighted by molar-refractivity contribution is -0.140. The van der Waals surface area contributed by atoms with E-state index in [0.29, 0.717) is 18.7 Å². The minimum Gasteiger partial charge on any atom is -0.449 e. The number of esters is 1. The van der Waals surface area contributed by atoms with Crippen LogP contribution in [0.2, 0.25) is 0 Å². The van der Waals surface area contributed by atoms with Gasteiger partial charge in [-0.3, -0.25) is 4.79 Å². The molecule has 1 fully saturated rings. The number of hydrogen-bond donors (Lipinski definition) is 1. The molecule has 0 radical (unpaired) electrons. The lowest BCUT2D eigenvalue weighted by atomic mass is 10.2. The highest BCUT2D eigenvalue weighted by atomic mass is 16.5. The molecule has 0 saturated carbocycles. The molecule has 0 spiro atoms. The van der Waals surface area contributed by atoms with Crippen LogP contribution in [0.4, 0.5) is 5.69 Å². The number of carbonyl (C=O) groups is 2. The van der Waals surface area contributed by atoms with E-state index in [4.69, 9.17) is 4.74 Å². The first-order valence-electron chi connectivity index (χ1n) is 9.49. The number of H-pyrrole nitrogens is 1. The summed E-state index contributed by atoms with van der Waals surface area (Å²) in [6.07, 6.45) is 0.812. The van der Waals surface area contributed by atoms with Crippen molar-refractivity contribution in [3.63, 3.8) is 0 Å². The van der Waals surface area contributed by atoms with Gasteiger partial charge in [0, 0.05) is 49.0 Å². The van der Waals surface area contributed by atoms with Gasteiger partial charge in [0.2, 0.25) is 0 Å². The highest BCUT2D eigenvalue weighted by Crippen LogP contribution is 2.20. The number of amides is 1. The number of fused-ring (bicyclic) bond motifs is 1. The third-order valence-electron chi connectivity index (χ3n) is 5.15. The summed E-state index contributed by atoms with van der Waals surface area (Å²) in [5, 5.41) is 0.795. The van der Waals surface area contributed by atoms with Crippen molar-refractivity contribution in [2.75, 3.05) is 31.1 Å². The summed E-state index contributed by atoms with van der Waals surface area (Å²) in [7, 11) is 0. The second-order valence-electron chi connectivity index (χ2n) is 6.94. The summed E-state index contributed by atoms with van der Waals surface area (Å²) in [4.78, 5) is 32.3. The zero-order valence-corrected chi connectivity index (χ0v) is 15.8. The number of piperazine rings is 1. The fraction of sp³-hybridized carbons (Fsp3) is 0.273. The highest BCUT2D eigenvalue weighted by Gasteiger charge is 2.28. The highest BCUT2D eigenvalue weighted by molar-refractivity contribution is 6.04. The molecule has 1 aliphatic rings. The van der Waals surface area contributed by atoms with Crippen molar-refractivity contribution < 1.29 is 14.3 Å². The van der Waals surface area contributed by atoms with Gasteiger partial charge in [-0.2, -0.15) is 0 Å². The molecular formula is C22H23N3O3. The zero-order valence-electron chi connectivity index (χ0n) is 15.8. The van der Waals surface area contributed by atoms with Crippen LogP contribution in [0.5, 0.6) is 0 Å². The molecule has 6 heteroatoms. The lowest BCUT2D eigenvalue weighted by Gasteiger charge is -2.37. The molecule has 1 atom stereocenters. The number of ether oxygens (including phenoxy) is 1. The summed E-state index contributed by atoms with van der Waals surface area (Å²) < 4.78 is 5.47. The average Bonchev–Trinajstić information content (AvgIpc) is 3.18. The number of nitrogens with one attached hydrogen (secondary N) is 1. The molecular weight excluding hydrogens is 354 g/mol. The van der Waals surface area contributed by atoms with E-state index >= 15 is 0 Å². The van der Waals surface area contributed by atoms with Gasteiger partial charge >= 0.3 is 5.97 Å². The van der Waals surface area contributed by atoms with Crippen LogP contribution in [0.15, 0.2) is 60.8 Å². The monoisotopic (exact) mass is 377 g/mol. The third-order valence-corrected chi connectivity index (χ3v) is 5.15. The molecule has 0 aliphatic carbocycles. The number of nitrogens with zero attached hydrogens (tertiary/aromatic N) is 2. The van der Waals surface area contributed by atoms with Crippen molar-refractivity contribution in [3.05, 3.63) is 66.4 Å². The molecule has 1 aliphatic heterocycles. The summed E-state index contributed by atoms with van der Waals surface area (Å²) in [6, 6.07) is 17.7. The molecule has 6 nitrogen and oxygen atoms in total. The van der Waals surface area contributed by atoms with Crippen molar-refractivity contribution in [3.8, 4) is 0 Å².